The minimum Gasteiger partial charge on any atom is -0.497 e. The van der Waals surface area contributed by atoms with Gasteiger partial charge in [-0.2, -0.15) is 0 Å². The molecule has 0 amide bonds. The number of pyridine rings is 2. The summed E-state index contributed by atoms with van der Waals surface area (Å²) < 4.78 is 30.3. The van der Waals surface area contributed by atoms with Crippen LogP contribution >= 0.6 is 50.5 Å². The van der Waals surface area contributed by atoms with Gasteiger partial charge in [-0.25, -0.2) is 4.98 Å². The summed E-state index contributed by atoms with van der Waals surface area (Å²) in [5, 5.41) is -1.21. The van der Waals surface area contributed by atoms with E-state index in [1.54, 1.807) is 40.2 Å². The van der Waals surface area contributed by atoms with E-state index in [-0.39, 0.29) is 38.4 Å². The maximum Gasteiger partial charge on any atom is 0.339 e. The molecule has 4 aromatic carbocycles. The molecule has 0 aliphatic carbocycles. The predicted molar refractivity (Wildman–Crippen MR) is 228 cm³/mol. The Bertz CT molecular complexity index is 2360. The van der Waals surface area contributed by atoms with Crippen LogP contribution in [0.4, 0.5) is 0 Å². The first-order valence-electron chi connectivity index (χ1n) is 16.8. The van der Waals surface area contributed by atoms with Crippen molar-refractivity contribution in [2.24, 2.45) is 0 Å². The number of esters is 2. The quantitative estimate of drug-likeness (QED) is 0.0811. The van der Waals surface area contributed by atoms with Gasteiger partial charge in [-0.05, 0) is 101 Å². The molecule has 0 aliphatic rings. The second-order valence-corrected chi connectivity index (χ2v) is 18.5. The highest BCUT2D eigenvalue weighted by molar-refractivity contribution is 8.24. The highest BCUT2D eigenvalue weighted by Gasteiger charge is 2.20. The minimum atomic E-state index is -3.22. The van der Waals surface area contributed by atoms with E-state index in [0.29, 0.717) is 34.2 Å². The van der Waals surface area contributed by atoms with Crippen molar-refractivity contribution in [3.8, 4) is 33.8 Å². The Morgan fingerprint density at radius 1 is 0.696 bits per heavy atom. The number of hydrogen-bond acceptors (Lipinski definition) is 9. The molecule has 2 aromatic heterocycles. The third kappa shape index (κ3) is 12.7. The minimum absolute atomic E-state index is 0. The molecule has 10 nitrogen and oxygen atoms in total. The van der Waals surface area contributed by atoms with Gasteiger partial charge in [-0.1, -0.05) is 79.7 Å². The largest absolute Gasteiger partial charge is 0.497 e. The van der Waals surface area contributed by atoms with Gasteiger partial charge in [-0.15, -0.1) is 0 Å². The number of rotatable bonds is 10. The number of aromatic nitrogens is 2. The first-order chi connectivity index (χ1) is 26.3. The molecule has 6 rings (SSSR count). The number of ether oxygens (including phenoxy) is 4. The van der Waals surface area contributed by atoms with E-state index in [0.717, 1.165) is 44.3 Å². The number of hydrogen-bond donors (Lipinski definition) is 1. The molecule has 0 radical (unpaired) electrons. The number of aromatic amines is 1. The number of benzene rings is 4. The molecule has 0 spiro atoms. The molecule has 0 fully saturated rings. The lowest BCUT2D eigenvalue weighted by Gasteiger charge is -2.15. The number of carbonyl (C=O) groups is 2. The van der Waals surface area contributed by atoms with Crippen molar-refractivity contribution >= 4 is 84.3 Å². The van der Waals surface area contributed by atoms with Crippen LogP contribution in [0.15, 0.2) is 102 Å². The molecule has 0 saturated carbocycles. The number of halogens is 4. The third-order valence-electron chi connectivity index (χ3n) is 7.94. The van der Waals surface area contributed by atoms with Gasteiger partial charge in [0.2, 0.25) is 0 Å². The van der Waals surface area contributed by atoms with E-state index in [4.69, 9.17) is 30.5 Å². The topological polar surface area (TPSA) is 134 Å². The summed E-state index contributed by atoms with van der Waals surface area (Å²) in [5.74, 6) is 0.646. The van der Waals surface area contributed by atoms with Crippen molar-refractivity contribution < 1.29 is 33.1 Å². The van der Waals surface area contributed by atoms with Gasteiger partial charge in [0.15, 0.2) is 0 Å². The van der Waals surface area contributed by atoms with Crippen molar-refractivity contribution in [2.75, 3.05) is 27.4 Å². The second kappa shape index (κ2) is 21.7. The van der Waals surface area contributed by atoms with Crippen molar-refractivity contribution in [3.05, 3.63) is 124 Å². The van der Waals surface area contributed by atoms with E-state index >= 15 is 0 Å². The first kappa shape index (κ1) is 45.8. The monoisotopic (exact) mass is 860 g/mol. The highest BCUT2D eigenvalue weighted by Crippen LogP contribution is 2.61. The van der Waals surface area contributed by atoms with Crippen LogP contribution in [0.3, 0.4) is 0 Å². The summed E-state index contributed by atoms with van der Waals surface area (Å²) in [6, 6.07) is 30.4. The van der Waals surface area contributed by atoms with Crippen LogP contribution in [0.25, 0.3) is 44.1 Å². The van der Waals surface area contributed by atoms with Gasteiger partial charge < -0.3 is 23.9 Å². The molecule has 2 heterocycles. The lowest BCUT2D eigenvalue weighted by molar-refractivity contribution is -0.143. The van der Waals surface area contributed by atoms with E-state index in [2.05, 4.69) is 43.7 Å². The van der Waals surface area contributed by atoms with Crippen molar-refractivity contribution in [1.82, 2.24) is 9.97 Å². The van der Waals surface area contributed by atoms with Gasteiger partial charge in [0.05, 0.1) is 45.8 Å². The Kier molecular flexibility index (Phi) is 17.7. The standard InChI is InChI=1S/C20H18ClNO3.C20H19NO4.CH4.Cl3OP/c1-3-25-18(23)12-16-19(13-7-5-4-6-8-13)15-11-14(24-2)9-10-17(15)22-20(16)21;1-3-25-18(22)12-16-19(13-7-5-4-6-8-13)15-11-14(24-2)9-10-17(15)21-20(16)23;;1-5(2,3)4/h4-11H,3,12H2,1-2H3;4-11H,3,12H2,1-2H3,(H,21,23);1H4;. The molecule has 0 saturated heterocycles. The predicted octanol–water partition coefficient (Wildman–Crippen LogP) is 11.4. The molecule has 0 unspecified atom stereocenters. The zero-order valence-corrected chi connectivity index (χ0v) is 34.2. The maximum absolute atomic E-state index is 12.6. The van der Waals surface area contributed by atoms with Crippen molar-refractivity contribution in [2.45, 2.75) is 34.1 Å². The Hall–Kier alpha value is -4.57. The fourth-order valence-electron chi connectivity index (χ4n) is 5.73. The molecule has 6 aromatic rings. The highest BCUT2D eigenvalue weighted by atomic mass is 36.0. The molecule has 0 bridgehead atoms. The second-order valence-electron chi connectivity index (χ2n) is 11.5. The average molecular weight is 863 g/mol. The van der Waals surface area contributed by atoms with Crippen molar-refractivity contribution in [3.63, 3.8) is 0 Å². The molecular weight excluding hydrogens is 821 g/mol. The van der Waals surface area contributed by atoms with E-state index in [1.807, 2.05) is 84.9 Å². The summed E-state index contributed by atoms with van der Waals surface area (Å²) in [4.78, 5) is 44.0. The summed E-state index contributed by atoms with van der Waals surface area (Å²) in [7, 11) is 3.21. The Balaban J connectivity index is 0.000000264. The molecule has 56 heavy (non-hydrogen) atoms. The summed E-state index contributed by atoms with van der Waals surface area (Å²) in [6.07, 6.45) is -0.0163. The van der Waals surface area contributed by atoms with Crippen LogP contribution in [0.2, 0.25) is 5.15 Å². The summed E-state index contributed by atoms with van der Waals surface area (Å²) in [6.45, 7) is 4.12. The fourth-order valence-corrected chi connectivity index (χ4v) is 5.98. The van der Waals surface area contributed by atoms with Crippen LogP contribution in [0, 0.1) is 0 Å². The van der Waals surface area contributed by atoms with Crippen LogP contribution in [-0.2, 0) is 36.5 Å². The number of nitrogens with zero attached hydrogens (tertiary/aromatic N) is 1. The third-order valence-corrected chi connectivity index (χ3v) is 8.25. The maximum atomic E-state index is 12.6. The van der Waals surface area contributed by atoms with E-state index < -0.39 is 11.2 Å². The molecule has 296 valence electrons. The number of methoxy groups -OCH3 is 2. The van der Waals surface area contributed by atoms with Gasteiger partial charge in [0.1, 0.15) is 16.7 Å². The van der Waals surface area contributed by atoms with Gasteiger partial charge in [-0.3, -0.25) is 18.9 Å². The summed E-state index contributed by atoms with van der Waals surface area (Å²) >= 11 is 20.3. The molecule has 15 heteroatoms. The van der Waals surface area contributed by atoms with E-state index in [9.17, 15) is 18.9 Å². The average Bonchev–Trinajstić information content (AvgIpc) is 3.15. The smallest absolute Gasteiger partial charge is 0.339 e. The molecule has 1 N–H and O–H groups in total. The lowest BCUT2D eigenvalue weighted by atomic mass is 9.94. The number of nitrogens with one attached hydrogen (secondary N) is 1. The number of fused-ring (bicyclic) bond motifs is 2. The first-order valence-corrected chi connectivity index (χ1v) is 21.6. The number of H-pyrrole nitrogens is 1. The zero-order valence-electron chi connectivity index (χ0n) is 30.2. The number of carbonyl (C=O) groups excluding carboxylic acids is 2. The Morgan fingerprint density at radius 3 is 1.62 bits per heavy atom. The Labute approximate surface area is 344 Å². The van der Waals surface area contributed by atoms with Gasteiger partial charge in [0.25, 0.3) is 5.56 Å². The van der Waals surface area contributed by atoms with Gasteiger partial charge in [0, 0.05) is 33.0 Å². The molecule has 0 aliphatic heterocycles. The normalized spacial score (nSPS) is 10.6. The summed E-state index contributed by atoms with van der Waals surface area (Å²) in [5.41, 5.74) is 5.64. The van der Waals surface area contributed by atoms with Crippen LogP contribution in [0.1, 0.15) is 32.4 Å². The van der Waals surface area contributed by atoms with Crippen molar-refractivity contribution in [1.29, 1.82) is 0 Å². The molecule has 0 atom stereocenters. The fraction of sp³-hybridized carbons (Fsp3) is 0.220. The van der Waals surface area contributed by atoms with Gasteiger partial charge >= 0.3 is 17.1 Å². The SMILES string of the molecule is C.CCOC(=O)Cc1c(-c2ccccc2)c2cc(OC)ccc2[nH]c1=O.CCOC(=O)Cc1c(Cl)nc2ccc(OC)cc2c1-c1ccccc1.O=P(Cl)(Cl)Cl. The zero-order chi connectivity index (χ0) is 40.1. The Morgan fingerprint density at radius 2 is 1.14 bits per heavy atom. The lowest BCUT2D eigenvalue weighted by Crippen LogP contribution is -2.19. The van der Waals surface area contributed by atoms with Crippen LogP contribution < -0.4 is 15.0 Å². The molecular formula is C41H41Cl4N2O8P. The van der Waals surface area contributed by atoms with E-state index in [1.165, 1.54) is 0 Å². The van der Waals surface area contributed by atoms with Crippen LogP contribution in [0.5, 0.6) is 11.5 Å². The van der Waals surface area contributed by atoms with Crippen LogP contribution in [-0.4, -0.2) is 49.3 Å².